The molecule has 15 heavy (non-hydrogen) atoms. The van der Waals surface area contributed by atoms with Crippen LogP contribution in [0.4, 0.5) is 5.95 Å². The van der Waals surface area contributed by atoms with Crippen LogP contribution in [-0.2, 0) is 0 Å². The molecule has 1 fully saturated rings. The number of nitrogens with zero attached hydrogens (tertiary/aromatic N) is 1. The molecule has 0 saturated heterocycles. The van der Waals surface area contributed by atoms with Gasteiger partial charge in [0.2, 0.25) is 0 Å². The topological polar surface area (TPSA) is 40.7 Å². The van der Waals surface area contributed by atoms with Gasteiger partial charge in [-0.2, -0.15) is 0 Å². The number of hydrogen-bond donors (Lipinski definition) is 2. The lowest BCUT2D eigenvalue weighted by Gasteiger charge is -2.28. The predicted molar refractivity (Wildman–Crippen MR) is 62.9 cm³/mol. The molecule has 3 nitrogen and oxygen atoms in total. The van der Waals surface area contributed by atoms with Gasteiger partial charge >= 0.3 is 0 Å². The summed E-state index contributed by atoms with van der Waals surface area (Å²) in [6.45, 7) is 2.28. The fraction of sp³-hybridized carbons (Fsp3) is 0.750. The number of imidazole rings is 1. The lowest BCUT2D eigenvalue weighted by molar-refractivity contribution is 0.318. The minimum atomic E-state index is 0.629. The molecule has 1 aliphatic carbocycles. The molecule has 3 heteroatoms. The third kappa shape index (κ3) is 2.98. The van der Waals surface area contributed by atoms with Crippen LogP contribution in [0.15, 0.2) is 12.4 Å². The second-order valence-corrected chi connectivity index (χ2v) is 4.59. The molecule has 0 unspecified atom stereocenters. The molecule has 0 amide bonds. The first-order valence-corrected chi connectivity index (χ1v) is 6.14. The van der Waals surface area contributed by atoms with Gasteiger partial charge in [-0.3, -0.25) is 0 Å². The number of H-pyrrole nitrogens is 1. The Hall–Kier alpha value is -0.990. The first kappa shape index (κ1) is 10.5. The van der Waals surface area contributed by atoms with E-state index in [9.17, 15) is 0 Å². The number of aromatic amines is 1. The average Bonchev–Trinajstić information content (AvgIpc) is 2.74. The van der Waals surface area contributed by atoms with Gasteiger partial charge in [0.25, 0.3) is 0 Å². The highest BCUT2D eigenvalue weighted by atomic mass is 15.1. The van der Waals surface area contributed by atoms with Crippen molar-refractivity contribution in [3.63, 3.8) is 0 Å². The van der Waals surface area contributed by atoms with Gasteiger partial charge in [-0.05, 0) is 31.6 Å². The lowest BCUT2D eigenvalue weighted by Crippen LogP contribution is -2.26. The first-order valence-electron chi connectivity index (χ1n) is 6.14. The van der Waals surface area contributed by atoms with Crippen LogP contribution in [0.3, 0.4) is 0 Å². The maximum Gasteiger partial charge on any atom is 0.200 e. The molecule has 1 aromatic rings. The molecule has 0 atom stereocenters. The molecule has 0 aromatic carbocycles. The van der Waals surface area contributed by atoms with Crippen molar-refractivity contribution in [1.82, 2.24) is 9.97 Å². The predicted octanol–water partition coefficient (Wildman–Crippen LogP) is 3.18. The monoisotopic (exact) mass is 207 g/mol. The fourth-order valence-electron chi connectivity index (χ4n) is 2.54. The Bertz CT molecular complexity index is 260. The SMILES string of the molecule is CCCC1CCC(Nc2ncc[nH]2)CC1. The summed E-state index contributed by atoms with van der Waals surface area (Å²) >= 11 is 0. The highest BCUT2D eigenvalue weighted by Crippen LogP contribution is 2.28. The van der Waals surface area contributed by atoms with E-state index in [1.807, 2.05) is 6.20 Å². The number of aromatic nitrogens is 2. The van der Waals surface area contributed by atoms with E-state index in [0.717, 1.165) is 11.9 Å². The zero-order valence-corrected chi connectivity index (χ0v) is 9.50. The number of anilines is 1. The van der Waals surface area contributed by atoms with E-state index in [4.69, 9.17) is 0 Å². The van der Waals surface area contributed by atoms with Crippen molar-refractivity contribution in [1.29, 1.82) is 0 Å². The van der Waals surface area contributed by atoms with E-state index >= 15 is 0 Å². The summed E-state index contributed by atoms with van der Waals surface area (Å²) in [4.78, 5) is 7.30. The van der Waals surface area contributed by atoms with Crippen molar-refractivity contribution in [2.24, 2.45) is 5.92 Å². The standard InChI is InChI=1S/C12H21N3/c1-2-3-10-4-6-11(7-5-10)15-12-13-8-9-14-12/h8-11H,2-7H2,1H3,(H2,13,14,15). The van der Waals surface area contributed by atoms with Crippen LogP contribution in [0.2, 0.25) is 0 Å². The van der Waals surface area contributed by atoms with Crippen LogP contribution < -0.4 is 5.32 Å². The van der Waals surface area contributed by atoms with Crippen molar-refractivity contribution in [2.75, 3.05) is 5.32 Å². The summed E-state index contributed by atoms with van der Waals surface area (Å²) < 4.78 is 0. The molecule has 0 aliphatic heterocycles. The Labute approximate surface area is 91.7 Å². The highest BCUT2D eigenvalue weighted by molar-refractivity contribution is 5.24. The molecule has 0 bridgehead atoms. The van der Waals surface area contributed by atoms with Gasteiger partial charge in [0.05, 0.1) is 0 Å². The molecule has 2 rings (SSSR count). The van der Waals surface area contributed by atoms with E-state index in [1.54, 1.807) is 6.20 Å². The molecule has 1 saturated carbocycles. The van der Waals surface area contributed by atoms with Crippen molar-refractivity contribution < 1.29 is 0 Å². The van der Waals surface area contributed by atoms with Gasteiger partial charge in [0, 0.05) is 18.4 Å². The molecule has 84 valence electrons. The number of hydrogen-bond acceptors (Lipinski definition) is 2. The van der Waals surface area contributed by atoms with Crippen LogP contribution in [0.25, 0.3) is 0 Å². The van der Waals surface area contributed by atoms with Gasteiger partial charge in [0.15, 0.2) is 5.95 Å². The molecular weight excluding hydrogens is 186 g/mol. The molecule has 0 radical (unpaired) electrons. The number of rotatable bonds is 4. The van der Waals surface area contributed by atoms with Gasteiger partial charge < -0.3 is 10.3 Å². The minimum absolute atomic E-state index is 0.629. The molecule has 1 aliphatic rings. The van der Waals surface area contributed by atoms with Crippen LogP contribution >= 0.6 is 0 Å². The van der Waals surface area contributed by atoms with Gasteiger partial charge in [0.1, 0.15) is 0 Å². The maximum absolute atomic E-state index is 4.20. The van der Waals surface area contributed by atoms with E-state index in [2.05, 4.69) is 22.2 Å². The van der Waals surface area contributed by atoms with E-state index in [-0.39, 0.29) is 0 Å². The van der Waals surface area contributed by atoms with Crippen LogP contribution in [0.1, 0.15) is 45.4 Å². The van der Waals surface area contributed by atoms with Crippen molar-refractivity contribution in [2.45, 2.75) is 51.5 Å². The van der Waals surface area contributed by atoms with Crippen LogP contribution in [0, 0.1) is 5.92 Å². The first-order chi connectivity index (χ1) is 7.38. The summed E-state index contributed by atoms with van der Waals surface area (Å²) in [5.74, 6) is 1.90. The molecule has 2 N–H and O–H groups in total. The quantitative estimate of drug-likeness (QED) is 0.796. The maximum atomic E-state index is 4.20. The zero-order chi connectivity index (χ0) is 10.5. The normalized spacial score (nSPS) is 26.5. The Balaban J connectivity index is 1.74. The largest absolute Gasteiger partial charge is 0.353 e. The molecule has 0 spiro atoms. The van der Waals surface area contributed by atoms with E-state index in [0.29, 0.717) is 6.04 Å². The lowest BCUT2D eigenvalue weighted by atomic mass is 9.83. The second kappa shape index (κ2) is 5.19. The zero-order valence-electron chi connectivity index (χ0n) is 9.50. The van der Waals surface area contributed by atoms with E-state index in [1.165, 1.54) is 38.5 Å². The van der Waals surface area contributed by atoms with Gasteiger partial charge in [-0.15, -0.1) is 0 Å². The van der Waals surface area contributed by atoms with Crippen molar-refractivity contribution in [3.8, 4) is 0 Å². The fourth-order valence-corrected chi connectivity index (χ4v) is 2.54. The Morgan fingerprint density at radius 3 is 2.80 bits per heavy atom. The third-order valence-electron chi connectivity index (χ3n) is 3.38. The van der Waals surface area contributed by atoms with Gasteiger partial charge in [-0.1, -0.05) is 19.8 Å². The summed E-state index contributed by atoms with van der Waals surface area (Å²) in [5.41, 5.74) is 0. The van der Waals surface area contributed by atoms with Crippen LogP contribution in [0.5, 0.6) is 0 Å². The third-order valence-corrected chi connectivity index (χ3v) is 3.38. The number of nitrogens with one attached hydrogen (secondary N) is 2. The average molecular weight is 207 g/mol. The Kier molecular flexibility index (Phi) is 3.64. The second-order valence-electron chi connectivity index (χ2n) is 4.59. The molecule has 1 aromatic heterocycles. The summed E-state index contributed by atoms with van der Waals surface area (Å²) in [6.07, 6.45) is 11.8. The van der Waals surface area contributed by atoms with E-state index < -0.39 is 0 Å². The molecular formula is C12H21N3. The van der Waals surface area contributed by atoms with Crippen molar-refractivity contribution in [3.05, 3.63) is 12.4 Å². The van der Waals surface area contributed by atoms with Crippen molar-refractivity contribution >= 4 is 5.95 Å². The summed E-state index contributed by atoms with van der Waals surface area (Å²) in [6, 6.07) is 0.629. The van der Waals surface area contributed by atoms with Crippen LogP contribution in [-0.4, -0.2) is 16.0 Å². The summed E-state index contributed by atoms with van der Waals surface area (Å²) in [5, 5.41) is 3.46. The van der Waals surface area contributed by atoms with Gasteiger partial charge in [-0.25, -0.2) is 4.98 Å². The molecule has 1 heterocycles. The minimum Gasteiger partial charge on any atom is -0.353 e. The Morgan fingerprint density at radius 2 is 2.20 bits per heavy atom. The highest BCUT2D eigenvalue weighted by Gasteiger charge is 2.20. The Morgan fingerprint density at radius 1 is 1.40 bits per heavy atom. The summed E-state index contributed by atoms with van der Waals surface area (Å²) in [7, 11) is 0. The smallest absolute Gasteiger partial charge is 0.200 e.